The van der Waals surface area contributed by atoms with Gasteiger partial charge in [-0.3, -0.25) is 4.99 Å². The molecule has 0 amide bonds. The van der Waals surface area contributed by atoms with E-state index >= 15 is 0 Å². The lowest BCUT2D eigenvalue weighted by atomic mass is 10.1. The molecular weight excluding hydrogens is 445 g/mol. The summed E-state index contributed by atoms with van der Waals surface area (Å²) in [4.78, 5) is 4.15. The van der Waals surface area contributed by atoms with Crippen LogP contribution in [0.2, 0.25) is 0 Å². The largest absolute Gasteiger partial charge is 0.381 e. The number of hydrogen-bond donors (Lipinski definition) is 2. The Hall–Kier alpha value is -0.130. The van der Waals surface area contributed by atoms with Gasteiger partial charge in [-0.25, -0.2) is 8.42 Å². The molecule has 1 fully saturated rings. The summed E-state index contributed by atoms with van der Waals surface area (Å²) in [7, 11) is -1.22. The molecule has 1 unspecified atom stereocenters. The van der Waals surface area contributed by atoms with E-state index < -0.39 is 9.84 Å². The van der Waals surface area contributed by atoms with Gasteiger partial charge in [-0.1, -0.05) is 0 Å². The number of halogens is 1. The van der Waals surface area contributed by atoms with Crippen molar-refractivity contribution in [1.82, 2.24) is 10.6 Å². The summed E-state index contributed by atoms with van der Waals surface area (Å²) in [6.45, 7) is 5.03. The lowest BCUT2D eigenvalue weighted by Gasteiger charge is -2.22. The molecule has 1 aliphatic rings. The van der Waals surface area contributed by atoms with Crippen LogP contribution >= 0.6 is 24.0 Å². The standard InChI is InChI=1S/C15H31N3O4S.HI/c1-13(7-12-23(3,19)20)18-15(16-2)17-8-4-9-22-14-5-10-21-11-6-14;/h13-14H,4-12H2,1-3H3,(H2,16,17,18);1H. The minimum atomic E-state index is -2.92. The average Bonchev–Trinajstić information content (AvgIpc) is 2.52. The third-order valence-electron chi connectivity index (χ3n) is 3.66. The van der Waals surface area contributed by atoms with Crippen LogP contribution in [0.5, 0.6) is 0 Å². The molecule has 0 radical (unpaired) electrons. The second-order valence-corrected chi connectivity index (χ2v) is 8.26. The molecular formula is C15H32IN3O4S. The molecule has 1 heterocycles. The Labute approximate surface area is 163 Å². The highest BCUT2D eigenvalue weighted by atomic mass is 127. The van der Waals surface area contributed by atoms with Gasteiger partial charge in [0.1, 0.15) is 9.84 Å². The van der Waals surface area contributed by atoms with Crippen molar-refractivity contribution in [2.45, 2.75) is 44.8 Å². The van der Waals surface area contributed by atoms with Crippen molar-refractivity contribution >= 4 is 39.8 Å². The zero-order valence-electron chi connectivity index (χ0n) is 14.9. The molecule has 1 rings (SSSR count). The Kier molecular flexibility index (Phi) is 13.1. The first-order chi connectivity index (χ1) is 10.9. The highest BCUT2D eigenvalue weighted by molar-refractivity contribution is 14.0. The van der Waals surface area contributed by atoms with Gasteiger partial charge in [0, 0.05) is 45.7 Å². The predicted octanol–water partition coefficient (Wildman–Crippen LogP) is 1.18. The Morgan fingerprint density at radius 3 is 2.62 bits per heavy atom. The van der Waals surface area contributed by atoms with Gasteiger partial charge in [0.25, 0.3) is 0 Å². The molecule has 24 heavy (non-hydrogen) atoms. The van der Waals surface area contributed by atoms with E-state index in [4.69, 9.17) is 9.47 Å². The summed E-state index contributed by atoms with van der Waals surface area (Å²) in [6, 6.07) is 0.0504. The van der Waals surface area contributed by atoms with E-state index in [2.05, 4.69) is 15.6 Å². The molecule has 0 aromatic rings. The third-order valence-corrected chi connectivity index (χ3v) is 4.64. The van der Waals surface area contributed by atoms with Crippen molar-refractivity contribution < 1.29 is 17.9 Å². The van der Waals surface area contributed by atoms with Crippen LogP contribution in [0.25, 0.3) is 0 Å². The number of ether oxygens (including phenoxy) is 2. The molecule has 0 spiro atoms. The fourth-order valence-corrected chi connectivity index (χ4v) is 3.04. The van der Waals surface area contributed by atoms with Crippen molar-refractivity contribution in [3.05, 3.63) is 0 Å². The smallest absolute Gasteiger partial charge is 0.191 e. The van der Waals surface area contributed by atoms with Crippen LogP contribution < -0.4 is 10.6 Å². The predicted molar refractivity (Wildman–Crippen MR) is 108 cm³/mol. The van der Waals surface area contributed by atoms with Crippen LogP contribution in [-0.4, -0.2) is 71.9 Å². The molecule has 1 aliphatic heterocycles. The quantitative estimate of drug-likeness (QED) is 0.225. The summed E-state index contributed by atoms with van der Waals surface area (Å²) in [5, 5.41) is 6.42. The van der Waals surface area contributed by atoms with Crippen molar-refractivity contribution in [1.29, 1.82) is 0 Å². The SMILES string of the molecule is CN=C(NCCCOC1CCOCC1)NC(C)CCS(C)(=O)=O.I. The van der Waals surface area contributed by atoms with E-state index in [9.17, 15) is 8.42 Å². The number of rotatable bonds is 9. The highest BCUT2D eigenvalue weighted by Crippen LogP contribution is 2.10. The maximum Gasteiger partial charge on any atom is 0.191 e. The Morgan fingerprint density at radius 2 is 2.04 bits per heavy atom. The molecule has 1 atom stereocenters. The van der Waals surface area contributed by atoms with Crippen LogP contribution in [0.4, 0.5) is 0 Å². The Morgan fingerprint density at radius 1 is 1.38 bits per heavy atom. The Balaban J connectivity index is 0.00000529. The van der Waals surface area contributed by atoms with E-state index in [1.54, 1.807) is 7.05 Å². The molecule has 0 saturated carbocycles. The van der Waals surface area contributed by atoms with Crippen molar-refractivity contribution in [2.75, 3.05) is 45.4 Å². The molecule has 7 nitrogen and oxygen atoms in total. The Bertz CT molecular complexity index is 454. The van der Waals surface area contributed by atoms with Crippen molar-refractivity contribution in [3.63, 3.8) is 0 Å². The van der Waals surface area contributed by atoms with Crippen LogP contribution in [0.1, 0.15) is 32.6 Å². The molecule has 144 valence electrons. The lowest BCUT2D eigenvalue weighted by molar-refractivity contribution is -0.0320. The van der Waals surface area contributed by atoms with Gasteiger partial charge in [0.15, 0.2) is 5.96 Å². The molecule has 0 aromatic heterocycles. The van der Waals surface area contributed by atoms with Crippen LogP contribution in [0.15, 0.2) is 4.99 Å². The van der Waals surface area contributed by atoms with Gasteiger partial charge in [-0.2, -0.15) is 0 Å². The maximum atomic E-state index is 11.2. The van der Waals surface area contributed by atoms with Gasteiger partial charge in [-0.15, -0.1) is 24.0 Å². The zero-order valence-corrected chi connectivity index (χ0v) is 18.1. The normalized spacial score (nSPS) is 17.9. The summed E-state index contributed by atoms with van der Waals surface area (Å²) in [5.41, 5.74) is 0. The number of sulfone groups is 1. The third kappa shape index (κ3) is 12.3. The average molecular weight is 477 g/mol. The van der Waals surface area contributed by atoms with E-state index in [1.807, 2.05) is 6.92 Å². The first-order valence-corrected chi connectivity index (χ1v) is 10.3. The molecule has 0 aromatic carbocycles. The number of nitrogens with zero attached hydrogens (tertiary/aromatic N) is 1. The fourth-order valence-electron chi connectivity index (χ4n) is 2.26. The minimum absolute atomic E-state index is 0. The van der Waals surface area contributed by atoms with Gasteiger partial charge in [0.2, 0.25) is 0 Å². The van der Waals surface area contributed by atoms with Crippen molar-refractivity contribution in [3.8, 4) is 0 Å². The fraction of sp³-hybridized carbons (Fsp3) is 0.933. The number of hydrogen-bond acceptors (Lipinski definition) is 5. The van der Waals surface area contributed by atoms with E-state index in [0.29, 0.717) is 18.5 Å². The maximum absolute atomic E-state index is 11.2. The monoisotopic (exact) mass is 477 g/mol. The zero-order chi connectivity index (χ0) is 17.1. The number of nitrogens with one attached hydrogen (secondary N) is 2. The topological polar surface area (TPSA) is 89.0 Å². The van der Waals surface area contributed by atoms with E-state index in [0.717, 1.165) is 45.6 Å². The molecule has 2 N–H and O–H groups in total. The van der Waals surface area contributed by atoms with Gasteiger partial charge in [0.05, 0.1) is 11.9 Å². The molecule has 0 aliphatic carbocycles. The number of aliphatic imine (C=N–C) groups is 1. The minimum Gasteiger partial charge on any atom is -0.381 e. The molecule has 1 saturated heterocycles. The van der Waals surface area contributed by atoms with Gasteiger partial charge >= 0.3 is 0 Å². The molecule has 0 bridgehead atoms. The summed E-state index contributed by atoms with van der Waals surface area (Å²) in [5.74, 6) is 0.869. The van der Waals surface area contributed by atoms with Gasteiger partial charge < -0.3 is 20.1 Å². The van der Waals surface area contributed by atoms with Crippen LogP contribution in [0, 0.1) is 0 Å². The first-order valence-electron chi connectivity index (χ1n) is 8.25. The summed E-state index contributed by atoms with van der Waals surface area (Å²) < 4.78 is 33.4. The summed E-state index contributed by atoms with van der Waals surface area (Å²) in [6.07, 6.45) is 5.01. The van der Waals surface area contributed by atoms with Crippen LogP contribution in [-0.2, 0) is 19.3 Å². The van der Waals surface area contributed by atoms with E-state index in [-0.39, 0.29) is 35.8 Å². The molecule has 9 heteroatoms. The van der Waals surface area contributed by atoms with Crippen LogP contribution in [0.3, 0.4) is 0 Å². The summed E-state index contributed by atoms with van der Waals surface area (Å²) >= 11 is 0. The van der Waals surface area contributed by atoms with Crippen molar-refractivity contribution in [2.24, 2.45) is 4.99 Å². The second-order valence-electron chi connectivity index (χ2n) is 6.00. The van der Waals surface area contributed by atoms with Gasteiger partial charge in [-0.05, 0) is 32.6 Å². The van der Waals surface area contributed by atoms with E-state index in [1.165, 1.54) is 6.26 Å². The highest BCUT2D eigenvalue weighted by Gasteiger charge is 2.13. The second kappa shape index (κ2) is 13.1. The number of guanidine groups is 1. The lowest BCUT2D eigenvalue weighted by Crippen LogP contribution is -2.43. The first kappa shape index (κ1) is 23.9.